The number of imide groups is 1. The van der Waals surface area contributed by atoms with Crippen LogP contribution in [0, 0.1) is 0 Å². The highest BCUT2D eigenvalue weighted by molar-refractivity contribution is 9.10. The average Bonchev–Trinajstić information content (AvgIpc) is 2.97. The van der Waals surface area contributed by atoms with Gasteiger partial charge in [-0.2, -0.15) is 0 Å². The molecule has 4 heteroatoms. The SMILES string of the molecule is CC(=CCN1C(=O)c2ccccc2C1=O)c1ccc(-c2ccccc2Br)cc1. The topological polar surface area (TPSA) is 37.4 Å². The van der Waals surface area contributed by atoms with E-state index in [1.54, 1.807) is 24.3 Å². The quantitative estimate of drug-likeness (QED) is 0.488. The van der Waals surface area contributed by atoms with E-state index in [1.807, 2.05) is 31.2 Å². The lowest BCUT2D eigenvalue weighted by Gasteiger charge is -2.12. The van der Waals surface area contributed by atoms with Gasteiger partial charge in [0.2, 0.25) is 0 Å². The Morgan fingerprint density at radius 3 is 1.93 bits per heavy atom. The first-order chi connectivity index (χ1) is 13.6. The van der Waals surface area contributed by atoms with Crippen LogP contribution in [0.4, 0.5) is 0 Å². The number of amides is 2. The highest BCUT2D eigenvalue weighted by Crippen LogP contribution is 2.29. The van der Waals surface area contributed by atoms with Crippen LogP contribution in [-0.2, 0) is 0 Å². The molecule has 28 heavy (non-hydrogen) atoms. The van der Waals surface area contributed by atoms with Crippen molar-refractivity contribution in [2.45, 2.75) is 6.92 Å². The minimum atomic E-state index is -0.228. The first-order valence-electron chi connectivity index (χ1n) is 9.03. The van der Waals surface area contributed by atoms with Crippen molar-refractivity contribution in [3.05, 3.63) is 100 Å². The summed E-state index contributed by atoms with van der Waals surface area (Å²) in [6.07, 6.45) is 1.93. The van der Waals surface area contributed by atoms with Gasteiger partial charge in [-0.05, 0) is 47.4 Å². The van der Waals surface area contributed by atoms with Crippen LogP contribution in [0.5, 0.6) is 0 Å². The van der Waals surface area contributed by atoms with Gasteiger partial charge in [-0.3, -0.25) is 14.5 Å². The van der Waals surface area contributed by atoms with Crippen LogP contribution >= 0.6 is 15.9 Å². The van der Waals surface area contributed by atoms with E-state index in [4.69, 9.17) is 0 Å². The zero-order valence-corrected chi connectivity index (χ0v) is 16.9. The molecule has 0 fully saturated rings. The fourth-order valence-corrected chi connectivity index (χ4v) is 3.87. The van der Waals surface area contributed by atoms with Gasteiger partial charge in [-0.25, -0.2) is 0 Å². The van der Waals surface area contributed by atoms with Gasteiger partial charge in [0.1, 0.15) is 0 Å². The maximum Gasteiger partial charge on any atom is 0.261 e. The summed E-state index contributed by atoms with van der Waals surface area (Å²) in [5.41, 5.74) is 5.32. The van der Waals surface area contributed by atoms with E-state index >= 15 is 0 Å². The number of carbonyl (C=O) groups is 2. The van der Waals surface area contributed by atoms with Crippen molar-refractivity contribution in [1.29, 1.82) is 0 Å². The smallest absolute Gasteiger partial charge is 0.261 e. The number of hydrogen-bond acceptors (Lipinski definition) is 2. The van der Waals surface area contributed by atoms with E-state index in [9.17, 15) is 9.59 Å². The Bertz CT molecular complexity index is 1060. The fraction of sp³-hybridized carbons (Fsp3) is 0.0833. The molecular formula is C24H18BrNO2. The molecule has 0 saturated carbocycles. The summed E-state index contributed by atoms with van der Waals surface area (Å²) in [6, 6.07) is 23.3. The number of benzene rings is 3. The molecule has 0 unspecified atom stereocenters. The summed E-state index contributed by atoms with van der Waals surface area (Å²) in [5, 5.41) is 0. The first kappa shape index (κ1) is 18.4. The van der Waals surface area contributed by atoms with Gasteiger partial charge in [0.05, 0.1) is 11.1 Å². The van der Waals surface area contributed by atoms with Gasteiger partial charge in [0.15, 0.2) is 0 Å². The minimum absolute atomic E-state index is 0.228. The van der Waals surface area contributed by atoms with Crippen LogP contribution in [0.15, 0.2) is 83.3 Å². The number of carbonyl (C=O) groups excluding carboxylic acids is 2. The summed E-state index contributed by atoms with van der Waals surface area (Å²) in [7, 11) is 0. The minimum Gasteiger partial charge on any atom is -0.270 e. The molecule has 138 valence electrons. The zero-order valence-electron chi connectivity index (χ0n) is 15.4. The molecule has 0 N–H and O–H groups in total. The summed E-state index contributed by atoms with van der Waals surface area (Å²) in [5.74, 6) is -0.456. The molecule has 4 rings (SSSR count). The van der Waals surface area contributed by atoms with Crippen molar-refractivity contribution in [3.63, 3.8) is 0 Å². The van der Waals surface area contributed by atoms with Crippen LogP contribution < -0.4 is 0 Å². The molecule has 0 radical (unpaired) electrons. The summed E-state index contributed by atoms with van der Waals surface area (Å²) in [6.45, 7) is 2.26. The molecule has 0 saturated heterocycles. The lowest BCUT2D eigenvalue weighted by atomic mass is 10.0. The molecule has 1 aliphatic rings. The predicted octanol–water partition coefficient (Wildman–Crippen LogP) is 5.82. The number of rotatable bonds is 4. The third-order valence-corrected chi connectivity index (χ3v) is 5.67. The lowest BCUT2D eigenvalue weighted by Crippen LogP contribution is -2.29. The van der Waals surface area contributed by atoms with Crippen molar-refractivity contribution < 1.29 is 9.59 Å². The molecule has 0 spiro atoms. The maximum atomic E-state index is 12.5. The third-order valence-electron chi connectivity index (χ3n) is 4.98. The van der Waals surface area contributed by atoms with Gasteiger partial charge >= 0.3 is 0 Å². The molecule has 0 aliphatic carbocycles. The molecule has 1 heterocycles. The number of halogens is 1. The van der Waals surface area contributed by atoms with Crippen molar-refractivity contribution in [2.24, 2.45) is 0 Å². The van der Waals surface area contributed by atoms with Crippen molar-refractivity contribution >= 4 is 33.3 Å². The third kappa shape index (κ3) is 3.32. The molecule has 3 aromatic carbocycles. The molecular weight excluding hydrogens is 414 g/mol. The summed E-state index contributed by atoms with van der Waals surface area (Å²) in [4.78, 5) is 26.2. The Morgan fingerprint density at radius 2 is 1.36 bits per heavy atom. The number of allylic oxidation sites excluding steroid dienone is 1. The van der Waals surface area contributed by atoms with E-state index in [0.29, 0.717) is 11.1 Å². The van der Waals surface area contributed by atoms with E-state index in [2.05, 4.69) is 46.3 Å². The number of nitrogens with zero attached hydrogens (tertiary/aromatic N) is 1. The summed E-state index contributed by atoms with van der Waals surface area (Å²) < 4.78 is 1.06. The van der Waals surface area contributed by atoms with Gasteiger partial charge in [-0.15, -0.1) is 0 Å². The fourth-order valence-electron chi connectivity index (χ4n) is 3.36. The molecule has 3 nitrogen and oxygen atoms in total. The molecule has 0 aromatic heterocycles. The maximum absolute atomic E-state index is 12.5. The van der Waals surface area contributed by atoms with Crippen LogP contribution in [0.1, 0.15) is 33.2 Å². The Morgan fingerprint density at radius 1 is 0.821 bits per heavy atom. The number of fused-ring (bicyclic) bond motifs is 1. The van der Waals surface area contributed by atoms with E-state index < -0.39 is 0 Å². The Labute approximate surface area is 172 Å². The molecule has 3 aromatic rings. The van der Waals surface area contributed by atoms with Crippen molar-refractivity contribution in [3.8, 4) is 11.1 Å². The highest BCUT2D eigenvalue weighted by Gasteiger charge is 2.34. The lowest BCUT2D eigenvalue weighted by molar-refractivity contribution is 0.0672. The van der Waals surface area contributed by atoms with E-state index in [0.717, 1.165) is 26.7 Å². The van der Waals surface area contributed by atoms with Gasteiger partial charge in [-0.1, -0.05) is 76.6 Å². The van der Waals surface area contributed by atoms with Crippen molar-refractivity contribution in [1.82, 2.24) is 4.90 Å². The van der Waals surface area contributed by atoms with E-state index in [-0.39, 0.29) is 18.4 Å². The Kier molecular flexibility index (Phi) is 4.97. The highest BCUT2D eigenvalue weighted by atomic mass is 79.9. The largest absolute Gasteiger partial charge is 0.270 e. The normalized spacial score (nSPS) is 13.8. The average molecular weight is 432 g/mol. The zero-order chi connectivity index (χ0) is 19.7. The van der Waals surface area contributed by atoms with Crippen LogP contribution in [0.3, 0.4) is 0 Å². The number of hydrogen-bond donors (Lipinski definition) is 0. The Hall–Kier alpha value is -2.98. The molecule has 1 aliphatic heterocycles. The Balaban J connectivity index is 1.52. The molecule has 2 amide bonds. The van der Waals surface area contributed by atoms with Gasteiger partial charge in [0, 0.05) is 11.0 Å². The second-order valence-electron chi connectivity index (χ2n) is 6.71. The van der Waals surface area contributed by atoms with Crippen molar-refractivity contribution in [2.75, 3.05) is 6.54 Å². The van der Waals surface area contributed by atoms with Crippen LogP contribution in [0.2, 0.25) is 0 Å². The van der Waals surface area contributed by atoms with Gasteiger partial charge < -0.3 is 0 Å². The van der Waals surface area contributed by atoms with Gasteiger partial charge in [0.25, 0.3) is 11.8 Å². The molecule has 0 atom stereocenters. The first-order valence-corrected chi connectivity index (χ1v) is 9.83. The second-order valence-corrected chi connectivity index (χ2v) is 7.57. The van der Waals surface area contributed by atoms with Crippen LogP contribution in [-0.4, -0.2) is 23.3 Å². The van der Waals surface area contributed by atoms with Crippen LogP contribution in [0.25, 0.3) is 16.7 Å². The second kappa shape index (κ2) is 7.56. The standard InChI is InChI=1S/C24H18BrNO2/c1-16(14-15-26-23(27)20-7-2-3-8-21(20)24(26)28)17-10-12-18(13-11-17)19-6-4-5-9-22(19)25/h2-14H,15H2,1H3. The molecule has 0 bridgehead atoms. The summed E-state index contributed by atoms with van der Waals surface area (Å²) >= 11 is 3.59. The monoisotopic (exact) mass is 431 g/mol. The van der Waals surface area contributed by atoms with E-state index in [1.165, 1.54) is 4.90 Å². The predicted molar refractivity (Wildman–Crippen MR) is 115 cm³/mol.